The third-order valence-electron chi connectivity index (χ3n) is 5.85. The molecule has 8 nitrogen and oxygen atoms in total. The van der Waals surface area contributed by atoms with E-state index in [9.17, 15) is 21.6 Å². The zero-order valence-electron chi connectivity index (χ0n) is 16.2. The van der Waals surface area contributed by atoms with Crippen LogP contribution in [0.5, 0.6) is 0 Å². The molecule has 4 rings (SSSR count). The second kappa shape index (κ2) is 7.98. The molecule has 0 N–H and O–H groups in total. The molecule has 3 heterocycles. The van der Waals surface area contributed by atoms with Gasteiger partial charge in [-0.2, -0.15) is 4.31 Å². The van der Waals surface area contributed by atoms with E-state index < -0.39 is 25.9 Å². The first-order chi connectivity index (χ1) is 13.8. The summed E-state index contributed by atoms with van der Waals surface area (Å²) in [6.45, 7) is 1.39. The van der Waals surface area contributed by atoms with E-state index in [1.165, 1.54) is 16.4 Å². The Bertz CT molecular complexity index is 968. The second-order valence-electron chi connectivity index (χ2n) is 7.91. The van der Waals surface area contributed by atoms with Crippen LogP contribution in [-0.4, -0.2) is 70.4 Å². The van der Waals surface area contributed by atoms with Crippen LogP contribution in [0.4, 0.5) is 5.69 Å². The third-order valence-corrected chi connectivity index (χ3v) is 9.53. The lowest BCUT2D eigenvalue weighted by Gasteiger charge is -2.29. The highest BCUT2D eigenvalue weighted by Gasteiger charge is 2.40. The van der Waals surface area contributed by atoms with Crippen LogP contribution in [0.15, 0.2) is 29.2 Å². The number of hydrogen-bond donors (Lipinski definition) is 0. The van der Waals surface area contributed by atoms with Crippen LogP contribution in [0.2, 0.25) is 0 Å². The summed E-state index contributed by atoms with van der Waals surface area (Å²) in [5.41, 5.74) is 0.681. The molecule has 3 fully saturated rings. The molecule has 160 valence electrons. The van der Waals surface area contributed by atoms with Gasteiger partial charge in [0, 0.05) is 37.8 Å². The van der Waals surface area contributed by atoms with Crippen molar-refractivity contribution in [2.24, 2.45) is 0 Å². The number of hydrogen-bond acceptors (Lipinski definition) is 6. The van der Waals surface area contributed by atoms with Crippen LogP contribution in [-0.2, 0) is 29.4 Å². The number of amides is 1. The van der Waals surface area contributed by atoms with E-state index in [1.807, 2.05) is 0 Å². The van der Waals surface area contributed by atoms with Gasteiger partial charge in [0.25, 0.3) is 0 Å². The molecule has 0 saturated carbocycles. The third kappa shape index (κ3) is 4.35. The quantitative estimate of drug-likeness (QED) is 0.656. The van der Waals surface area contributed by atoms with E-state index in [-0.39, 0.29) is 35.0 Å². The first kappa shape index (κ1) is 20.8. The molecule has 29 heavy (non-hydrogen) atoms. The van der Waals surface area contributed by atoms with Gasteiger partial charge < -0.3 is 9.64 Å². The van der Waals surface area contributed by atoms with Crippen LogP contribution >= 0.6 is 0 Å². The highest BCUT2D eigenvalue weighted by Crippen LogP contribution is 2.29. The Morgan fingerprint density at radius 1 is 1.14 bits per heavy atom. The van der Waals surface area contributed by atoms with Gasteiger partial charge in [0.05, 0.1) is 22.5 Å². The van der Waals surface area contributed by atoms with E-state index in [2.05, 4.69) is 0 Å². The van der Waals surface area contributed by atoms with Crippen molar-refractivity contribution in [2.45, 2.75) is 49.1 Å². The van der Waals surface area contributed by atoms with E-state index in [1.54, 1.807) is 17.0 Å². The number of sulfone groups is 1. The summed E-state index contributed by atoms with van der Waals surface area (Å²) >= 11 is 0. The standard InChI is InChI=1S/C19H26N2O6S2/c22-19-4-1-10-20(19)15-5-7-18(8-6-15)29(25,26)21(13-17-3-2-11-27-17)16-9-12-28(23,24)14-16/h5-8,16-17H,1-4,9-14H2. The van der Waals surface area contributed by atoms with E-state index in [0.717, 1.165) is 19.3 Å². The van der Waals surface area contributed by atoms with Crippen LogP contribution in [0.3, 0.4) is 0 Å². The van der Waals surface area contributed by atoms with Crippen molar-refractivity contribution >= 4 is 31.5 Å². The van der Waals surface area contributed by atoms with Gasteiger partial charge >= 0.3 is 0 Å². The van der Waals surface area contributed by atoms with Gasteiger partial charge in [0.15, 0.2) is 9.84 Å². The summed E-state index contributed by atoms with van der Waals surface area (Å²) in [4.78, 5) is 13.7. The number of rotatable bonds is 6. The second-order valence-corrected chi connectivity index (χ2v) is 12.0. The lowest BCUT2D eigenvalue weighted by molar-refractivity contribution is -0.117. The molecular formula is C19H26N2O6S2. The number of nitrogens with zero attached hydrogens (tertiary/aromatic N) is 2. The predicted molar refractivity (Wildman–Crippen MR) is 108 cm³/mol. The van der Waals surface area contributed by atoms with E-state index in [0.29, 0.717) is 31.7 Å². The molecular weight excluding hydrogens is 416 g/mol. The van der Waals surface area contributed by atoms with Crippen LogP contribution < -0.4 is 4.90 Å². The fourth-order valence-corrected chi connectivity index (χ4v) is 7.80. The highest BCUT2D eigenvalue weighted by molar-refractivity contribution is 7.92. The maximum Gasteiger partial charge on any atom is 0.243 e. The predicted octanol–water partition coefficient (Wildman–Crippen LogP) is 1.17. The van der Waals surface area contributed by atoms with Crippen LogP contribution in [0.1, 0.15) is 32.1 Å². The van der Waals surface area contributed by atoms with Crippen molar-refractivity contribution in [1.82, 2.24) is 4.31 Å². The summed E-state index contributed by atoms with van der Waals surface area (Å²) in [7, 11) is -7.12. The average molecular weight is 443 g/mol. The van der Waals surface area contributed by atoms with Crippen molar-refractivity contribution in [3.63, 3.8) is 0 Å². The number of carbonyl (C=O) groups excluding carboxylic acids is 1. The lowest BCUT2D eigenvalue weighted by Crippen LogP contribution is -2.45. The van der Waals surface area contributed by atoms with Crippen LogP contribution in [0, 0.1) is 0 Å². The highest BCUT2D eigenvalue weighted by atomic mass is 32.2. The minimum absolute atomic E-state index is 0.00518. The molecule has 1 aromatic carbocycles. The Labute approximate surface area is 171 Å². The molecule has 0 aliphatic carbocycles. The Balaban J connectivity index is 1.60. The molecule has 0 spiro atoms. The molecule has 3 saturated heterocycles. The summed E-state index contributed by atoms with van der Waals surface area (Å²) in [6, 6.07) is 5.72. The first-order valence-electron chi connectivity index (χ1n) is 10.0. The van der Waals surface area contributed by atoms with Crippen molar-refractivity contribution in [2.75, 3.05) is 36.1 Å². The lowest BCUT2D eigenvalue weighted by atomic mass is 10.2. The summed E-state index contributed by atoms with van der Waals surface area (Å²) in [5, 5.41) is 0. The Morgan fingerprint density at radius 2 is 1.90 bits per heavy atom. The molecule has 0 bridgehead atoms. The van der Waals surface area contributed by atoms with Gasteiger partial charge in [-0.05, 0) is 49.9 Å². The molecule has 0 aromatic heterocycles. The monoisotopic (exact) mass is 442 g/mol. The SMILES string of the molecule is O=C1CCCN1c1ccc(S(=O)(=O)N(CC2CCCO2)C2CCS(=O)(=O)C2)cc1. The first-order valence-corrected chi connectivity index (χ1v) is 13.3. The van der Waals surface area contributed by atoms with Gasteiger partial charge in [0.2, 0.25) is 15.9 Å². The summed E-state index contributed by atoms with van der Waals surface area (Å²) in [6.07, 6.45) is 3.03. The van der Waals surface area contributed by atoms with Crippen LogP contribution in [0.25, 0.3) is 0 Å². The largest absolute Gasteiger partial charge is 0.377 e. The van der Waals surface area contributed by atoms with Crippen molar-refractivity contribution in [1.29, 1.82) is 0 Å². The summed E-state index contributed by atoms with van der Waals surface area (Å²) in [5.74, 6) is -0.110. The number of sulfonamides is 1. The minimum Gasteiger partial charge on any atom is -0.377 e. The smallest absolute Gasteiger partial charge is 0.243 e. The van der Waals surface area contributed by atoms with Gasteiger partial charge in [-0.3, -0.25) is 4.79 Å². The molecule has 3 aliphatic rings. The van der Waals surface area contributed by atoms with E-state index in [4.69, 9.17) is 4.74 Å². The molecule has 1 aromatic rings. The number of ether oxygens (including phenoxy) is 1. The fraction of sp³-hybridized carbons (Fsp3) is 0.632. The normalized spacial score (nSPS) is 27.2. The number of benzene rings is 1. The van der Waals surface area contributed by atoms with Gasteiger partial charge in [-0.15, -0.1) is 0 Å². The fourth-order valence-electron chi connectivity index (χ4n) is 4.29. The van der Waals surface area contributed by atoms with Crippen molar-refractivity contribution < 1.29 is 26.4 Å². The van der Waals surface area contributed by atoms with Gasteiger partial charge in [-0.1, -0.05) is 0 Å². The molecule has 1 amide bonds. The Kier molecular flexibility index (Phi) is 5.71. The van der Waals surface area contributed by atoms with Gasteiger partial charge in [0.1, 0.15) is 0 Å². The topological polar surface area (TPSA) is 101 Å². The zero-order chi connectivity index (χ0) is 20.6. The van der Waals surface area contributed by atoms with Crippen molar-refractivity contribution in [3.8, 4) is 0 Å². The van der Waals surface area contributed by atoms with Gasteiger partial charge in [-0.25, -0.2) is 16.8 Å². The Hall–Kier alpha value is -1.49. The minimum atomic E-state index is -3.89. The number of carbonyl (C=O) groups is 1. The molecule has 2 atom stereocenters. The Morgan fingerprint density at radius 3 is 2.45 bits per heavy atom. The molecule has 0 radical (unpaired) electrons. The average Bonchev–Trinajstić information content (AvgIpc) is 3.41. The van der Waals surface area contributed by atoms with Crippen molar-refractivity contribution in [3.05, 3.63) is 24.3 Å². The maximum atomic E-state index is 13.4. The number of anilines is 1. The molecule has 10 heteroatoms. The molecule has 2 unspecified atom stereocenters. The molecule has 3 aliphatic heterocycles. The summed E-state index contributed by atoms with van der Waals surface area (Å²) < 4.78 is 57.7. The maximum absolute atomic E-state index is 13.4. The van der Waals surface area contributed by atoms with E-state index >= 15 is 0 Å². The zero-order valence-corrected chi connectivity index (χ0v) is 17.8.